The van der Waals surface area contributed by atoms with Crippen molar-refractivity contribution < 1.29 is 27.1 Å². The monoisotopic (exact) mass is 595 g/mol. The van der Waals surface area contributed by atoms with Crippen LogP contribution in [0.2, 0.25) is 0 Å². The maximum absolute atomic E-state index is 15.1. The van der Waals surface area contributed by atoms with E-state index in [0.29, 0.717) is 17.7 Å². The summed E-state index contributed by atoms with van der Waals surface area (Å²) >= 11 is 0. The molecule has 1 unspecified atom stereocenters. The molecule has 0 heterocycles. The van der Waals surface area contributed by atoms with E-state index in [1.165, 1.54) is 42.3 Å². The van der Waals surface area contributed by atoms with E-state index >= 15 is 4.39 Å². The molecule has 1 saturated carbocycles. The predicted octanol–water partition coefficient (Wildman–Crippen LogP) is 5.29. The number of hydrogen-bond donors (Lipinski definition) is 1. The van der Waals surface area contributed by atoms with Crippen molar-refractivity contribution in [3.63, 3.8) is 0 Å². The Kier molecular flexibility index (Phi) is 10.6. The third-order valence-electron chi connectivity index (χ3n) is 7.56. The van der Waals surface area contributed by atoms with Gasteiger partial charge in [-0.1, -0.05) is 68.7 Å². The smallest absolute Gasteiger partial charge is 0.264 e. The SMILES string of the molecule is CCC(C(=O)NC1CCCCC1)N(Cc1cccc(OC)c1)C(=O)CN(c1ccccc1F)S(=O)(=O)c1ccccc1. The Morgan fingerprint density at radius 3 is 2.33 bits per heavy atom. The maximum Gasteiger partial charge on any atom is 0.264 e. The first kappa shape index (κ1) is 31.0. The zero-order valence-electron chi connectivity index (χ0n) is 24.0. The number of sulfonamides is 1. The van der Waals surface area contributed by atoms with Gasteiger partial charge in [0.25, 0.3) is 10.0 Å². The number of anilines is 1. The van der Waals surface area contributed by atoms with Crippen LogP contribution >= 0.6 is 0 Å². The van der Waals surface area contributed by atoms with E-state index in [9.17, 15) is 18.0 Å². The Hall–Kier alpha value is -3.92. The normalized spacial score (nSPS) is 14.5. The largest absolute Gasteiger partial charge is 0.497 e. The van der Waals surface area contributed by atoms with Crippen LogP contribution in [-0.2, 0) is 26.2 Å². The lowest BCUT2D eigenvalue weighted by molar-refractivity contribution is -0.140. The van der Waals surface area contributed by atoms with Crippen molar-refractivity contribution in [1.82, 2.24) is 10.2 Å². The van der Waals surface area contributed by atoms with Crippen LogP contribution in [0.3, 0.4) is 0 Å². The minimum atomic E-state index is -4.34. The lowest BCUT2D eigenvalue weighted by atomic mass is 9.95. The number of rotatable bonds is 12. The third kappa shape index (κ3) is 7.47. The first-order valence-electron chi connectivity index (χ1n) is 14.3. The van der Waals surface area contributed by atoms with Gasteiger partial charge in [-0.05, 0) is 61.2 Å². The zero-order valence-corrected chi connectivity index (χ0v) is 24.9. The van der Waals surface area contributed by atoms with Crippen molar-refractivity contribution in [3.05, 3.63) is 90.2 Å². The van der Waals surface area contributed by atoms with Crippen molar-refractivity contribution in [2.45, 2.75) is 69.0 Å². The van der Waals surface area contributed by atoms with Crippen LogP contribution in [0.4, 0.5) is 10.1 Å². The summed E-state index contributed by atoms with van der Waals surface area (Å²) in [5, 5.41) is 3.11. The fourth-order valence-electron chi connectivity index (χ4n) is 5.32. The highest BCUT2D eigenvalue weighted by Crippen LogP contribution is 2.27. The van der Waals surface area contributed by atoms with Gasteiger partial charge in [-0.2, -0.15) is 0 Å². The van der Waals surface area contributed by atoms with Crippen molar-refractivity contribution in [2.24, 2.45) is 0 Å². The standard InChI is InChI=1S/C32H38FN3O5S/c1-3-29(32(38)34-25-14-6-4-7-15-25)35(22-24-13-12-16-26(21-24)41-2)31(37)23-36(30-20-11-10-19-28(30)33)42(39,40)27-17-8-5-9-18-27/h5,8-13,16-21,25,29H,3-4,6-7,14-15,22-23H2,1-2H3,(H,34,38). The van der Waals surface area contributed by atoms with E-state index in [2.05, 4.69) is 5.32 Å². The minimum absolute atomic E-state index is 0.0300. The molecule has 1 aliphatic carbocycles. The topological polar surface area (TPSA) is 96.0 Å². The molecule has 1 N–H and O–H groups in total. The van der Waals surface area contributed by atoms with Gasteiger partial charge in [0.1, 0.15) is 24.2 Å². The minimum Gasteiger partial charge on any atom is -0.497 e. The summed E-state index contributed by atoms with van der Waals surface area (Å²) in [6.45, 7) is 1.14. The Morgan fingerprint density at radius 1 is 0.976 bits per heavy atom. The number of halogens is 1. The second-order valence-corrected chi connectivity index (χ2v) is 12.3. The molecule has 3 aromatic rings. The quantitative estimate of drug-likeness (QED) is 0.307. The summed E-state index contributed by atoms with van der Waals surface area (Å²) in [6, 6.07) is 19.3. The lowest BCUT2D eigenvalue weighted by Gasteiger charge is -2.34. The van der Waals surface area contributed by atoms with Gasteiger partial charge in [0.2, 0.25) is 11.8 Å². The molecule has 42 heavy (non-hydrogen) atoms. The van der Waals surface area contributed by atoms with Gasteiger partial charge in [0.15, 0.2) is 0 Å². The maximum atomic E-state index is 15.1. The molecule has 3 aromatic carbocycles. The van der Waals surface area contributed by atoms with Gasteiger partial charge in [-0.3, -0.25) is 13.9 Å². The summed E-state index contributed by atoms with van der Waals surface area (Å²) in [7, 11) is -2.80. The highest BCUT2D eigenvalue weighted by molar-refractivity contribution is 7.92. The number of para-hydroxylation sites is 1. The van der Waals surface area contributed by atoms with Crippen molar-refractivity contribution in [3.8, 4) is 5.75 Å². The molecule has 4 rings (SSSR count). The van der Waals surface area contributed by atoms with Crippen molar-refractivity contribution >= 4 is 27.5 Å². The number of hydrogen-bond acceptors (Lipinski definition) is 5. The summed E-state index contributed by atoms with van der Waals surface area (Å²) in [5.41, 5.74) is 0.450. The molecular weight excluding hydrogens is 557 g/mol. The van der Waals surface area contributed by atoms with Gasteiger partial charge >= 0.3 is 0 Å². The van der Waals surface area contributed by atoms with E-state index in [4.69, 9.17) is 4.74 Å². The molecule has 10 heteroatoms. The fourth-order valence-corrected chi connectivity index (χ4v) is 6.76. The number of carbonyl (C=O) groups is 2. The van der Waals surface area contributed by atoms with Crippen LogP contribution < -0.4 is 14.4 Å². The molecule has 1 aliphatic rings. The molecule has 0 aliphatic heterocycles. The van der Waals surface area contributed by atoms with Crippen LogP contribution in [0.5, 0.6) is 5.75 Å². The Labute approximate surface area is 247 Å². The number of ether oxygens (including phenoxy) is 1. The molecule has 0 radical (unpaired) electrons. The molecular formula is C32H38FN3O5S. The van der Waals surface area contributed by atoms with E-state index in [1.807, 2.05) is 13.0 Å². The summed E-state index contributed by atoms with van der Waals surface area (Å²) < 4.78 is 48.8. The number of nitrogens with zero attached hydrogens (tertiary/aromatic N) is 2. The van der Waals surface area contributed by atoms with Gasteiger partial charge in [0.05, 0.1) is 17.7 Å². The van der Waals surface area contributed by atoms with Crippen LogP contribution in [0.25, 0.3) is 0 Å². The molecule has 0 saturated heterocycles. The molecule has 1 atom stereocenters. The van der Waals surface area contributed by atoms with Crippen LogP contribution in [0.15, 0.2) is 83.8 Å². The highest BCUT2D eigenvalue weighted by Gasteiger charge is 2.35. The van der Waals surface area contributed by atoms with Gasteiger partial charge in [0, 0.05) is 12.6 Å². The Morgan fingerprint density at radius 2 is 1.67 bits per heavy atom. The molecule has 0 aromatic heterocycles. The average molecular weight is 596 g/mol. The number of nitrogens with one attached hydrogen (secondary N) is 1. The summed E-state index contributed by atoms with van der Waals surface area (Å²) in [6.07, 6.45) is 5.25. The average Bonchev–Trinajstić information content (AvgIpc) is 3.01. The molecule has 0 spiro atoms. The first-order chi connectivity index (χ1) is 20.2. The number of benzene rings is 3. The van der Waals surface area contributed by atoms with Gasteiger partial charge < -0.3 is 15.0 Å². The summed E-state index contributed by atoms with van der Waals surface area (Å²) in [4.78, 5) is 29.1. The summed E-state index contributed by atoms with van der Waals surface area (Å²) in [5.74, 6) is -1.12. The molecule has 1 fully saturated rings. The van der Waals surface area contributed by atoms with Crippen LogP contribution in [0, 0.1) is 5.82 Å². The molecule has 0 bridgehead atoms. The number of carbonyl (C=O) groups excluding carboxylic acids is 2. The highest BCUT2D eigenvalue weighted by atomic mass is 32.2. The van der Waals surface area contributed by atoms with Crippen LogP contribution in [0.1, 0.15) is 51.0 Å². The zero-order chi connectivity index (χ0) is 30.1. The van der Waals surface area contributed by atoms with Gasteiger partial charge in [-0.25, -0.2) is 12.8 Å². The van der Waals surface area contributed by atoms with E-state index in [-0.39, 0.29) is 29.1 Å². The van der Waals surface area contributed by atoms with Crippen molar-refractivity contribution in [2.75, 3.05) is 18.0 Å². The van der Waals surface area contributed by atoms with Gasteiger partial charge in [-0.15, -0.1) is 0 Å². The van der Waals surface area contributed by atoms with E-state index in [0.717, 1.165) is 42.5 Å². The predicted molar refractivity (Wildman–Crippen MR) is 160 cm³/mol. The Bertz CT molecular complexity index is 1460. The molecule has 2 amide bonds. The van der Waals surface area contributed by atoms with E-state index in [1.54, 1.807) is 36.4 Å². The fraction of sp³-hybridized carbons (Fsp3) is 0.375. The molecule has 8 nitrogen and oxygen atoms in total. The van der Waals surface area contributed by atoms with E-state index < -0.39 is 34.3 Å². The third-order valence-corrected chi connectivity index (χ3v) is 9.33. The number of amides is 2. The van der Waals surface area contributed by atoms with Crippen LogP contribution in [-0.4, -0.2) is 50.9 Å². The lowest BCUT2D eigenvalue weighted by Crippen LogP contribution is -2.54. The second-order valence-electron chi connectivity index (χ2n) is 10.4. The first-order valence-corrected chi connectivity index (χ1v) is 15.7. The molecule has 224 valence electrons. The number of methoxy groups -OCH3 is 1. The van der Waals surface area contributed by atoms with Crippen molar-refractivity contribution in [1.29, 1.82) is 0 Å². The second kappa shape index (κ2) is 14.3. The Balaban J connectivity index is 1.71.